The lowest BCUT2D eigenvalue weighted by Crippen LogP contribution is -2.37. The highest BCUT2D eigenvalue weighted by atomic mass is 32.2. The van der Waals surface area contributed by atoms with E-state index in [1.807, 2.05) is 36.6 Å². The van der Waals surface area contributed by atoms with E-state index in [2.05, 4.69) is 17.6 Å². The van der Waals surface area contributed by atoms with Crippen LogP contribution < -0.4 is 16.4 Å². The van der Waals surface area contributed by atoms with Crippen molar-refractivity contribution < 1.29 is 34.5 Å². The minimum atomic E-state index is -1.03. The lowest BCUT2D eigenvalue weighted by atomic mass is 10.1. The normalized spacial score (nSPS) is 11.5. The summed E-state index contributed by atoms with van der Waals surface area (Å²) in [7, 11) is 0. The van der Waals surface area contributed by atoms with Crippen molar-refractivity contribution in [2.24, 2.45) is 5.73 Å². The molecule has 1 aromatic rings. The van der Waals surface area contributed by atoms with Gasteiger partial charge in [0.15, 0.2) is 0 Å². The van der Waals surface area contributed by atoms with Crippen molar-refractivity contribution in [1.29, 1.82) is 0 Å². The van der Waals surface area contributed by atoms with Crippen LogP contribution in [0.1, 0.15) is 38.7 Å². The SMILES string of the molecule is CC(=O)NCC(=O)O.CCCCNC(CCSC)C(=O)O.NC(Cc1ccccc1)C(=O)O. The predicted molar refractivity (Wildman–Crippen MR) is 129 cm³/mol. The molecule has 0 saturated carbocycles. The summed E-state index contributed by atoms with van der Waals surface area (Å²) in [5.74, 6) is -2.15. The number of hydrogen-bond acceptors (Lipinski definition) is 7. The Labute approximate surface area is 199 Å². The molecule has 1 aromatic carbocycles. The highest BCUT2D eigenvalue weighted by Gasteiger charge is 2.15. The van der Waals surface area contributed by atoms with Gasteiger partial charge < -0.3 is 31.7 Å². The molecule has 0 aromatic heterocycles. The van der Waals surface area contributed by atoms with E-state index in [1.165, 1.54) is 6.92 Å². The van der Waals surface area contributed by atoms with Crippen molar-refractivity contribution in [3.05, 3.63) is 35.9 Å². The van der Waals surface area contributed by atoms with Crippen LogP contribution in [0.25, 0.3) is 0 Å². The highest BCUT2D eigenvalue weighted by Crippen LogP contribution is 2.02. The number of unbranched alkanes of at least 4 members (excludes halogenated alkanes) is 1. The summed E-state index contributed by atoms with van der Waals surface area (Å²) >= 11 is 1.68. The zero-order valence-electron chi connectivity index (χ0n) is 19.5. The van der Waals surface area contributed by atoms with E-state index in [-0.39, 0.29) is 18.5 Å². The van der Waals surface area contributed by atoms with Gasteiger partial charge in [-0.3, -0.25) is 19.2 Å². The first-order valence-electron chi connectivity index (χ1n) is 10.5. The van der Waals surface area contributed by atoms with Crippen LogP contribution in [0.15, 0.2) is 30.3 Å². The number of thioether (sulfide) groups is 1. The number of carboxylic acid groups (broad SMARTS) is 3. The molecular formula is C22H37N3O7S. The summed E-state index contributed by atoms with van der Waals surface area (Å²) in [6.07, 6.45) is 5.23. The maximum Gasteiger partial charge on any atom is 0.322 e. The summed E-state index contributed by atoms with van der Waals surface area (Å²) in [6, 6.07) is 8.18. The molecule has 0 aliphatic rings. The lowest BCUT2D eigenvalue weighted by molar-refractivity contribution is -0.140. The fourth-order valence-electron chi connectivity index (χ4n) is 2.16. The van der Waals surface area contributed by atoms with Gasteiger partial charge in [-0.05, 0) is 43.4 Å². The maximum atomic E-state index is 10.7. The molecule has 10 nitrogen and oxygen atoms in total. The van der Waals surface area contributed by atoms with E-state index in [0.717, 1.165) is 30.7 Å². The number of amides is 1. The number of carboxylic acids is 3. The number of rotatable bonds is 13. The fraction of sp³-hybridized carbons (Fsp3) is 0.545. The quantitative estimate of drug-likeness (QED) is 0.223. The predicted octanol–water partition coefficient (Wildman–Crippen LogP) is 1.43. The van der Waals surface area contributed by atoms with Crippen LogP contribution in [0.2, 0.25) is 0 Å². The number of nitrogens with two attached hydrogens (primary N) is 1. The Morgan fingerprint density at radius 1 is 1.06 bits per heavy atom. The molecule has 1 rings (SSSR count). The van der Waals surface area contributed by atoms with Crippen LogP contribution in [-0.4, -0.2) is 76.3 Å². The summed E-state index contributed by atoms with van der Waals surface area (Å²) in [5, 5.41) is 30.4. The monoisotopic (exact) mass is 487 g/mol. The van der Waals surface area contributed by atoms with Gasteiger partial charge in [0.25, 0.3) is 0 Å². The minimum absolute atomic E-state index is 0.296. The van der Waals surface area contributed by atoms with Gasteiger partial charge in [-0.25, -0.2) is 0 Å². The number of aliphatic carboxylic acids is 3. The summed E-state index contributed by atoms with van der Waals surface area (Å²) in [4.78, 5) is 40.8. The number of hydrogen-bond donors (Lipinski definition) is 6. The first-order chi connectivity index (χ1) is 15.5. The number of carbonyl (C=O) groups excluding carboxylic acids is 1. The van der Waals surface area contributed by atoms with Crippen LogP contribution in [0, 0.1) is 0 Å². The van der Waals surface area contributed by atoms with Crippen molar-refractivity contribution in [3.63, 3.8) is 0 Å². The molecule has 0 heterocycles. The van der Waals surface area contributed by atoms with E-state index in [1.54, 1.807) is 11.8 Å². The molecule has 0 aliphatic heterocycles. The van der Waals surface area contributed by atoms with Crippen molar-refractivity contribution in [3.8, 4) is 0 Å². The molecule has 0 aliphatic carbocycles. The van der Waals surface area contributed by atoms with Gasteiger partial charge in [0, 0.05) is 6.92 Å². The van der Waals surface area contributed by atoms with E-state index in [0.29, 0.717) is 12.8 Å². The Hall–Kier alpha value is -2.63. The highest BCUT2D eigenvalue weighted by molar-refractivity contribution is 7.98. The zero-order chi connectivity index (χ0) is 25.6. The van der Waals surface area contributed by atoms with Crippen LogP contribution in [-0.2, 0) is 25.6 Å². The van der Waals surface area contributed by atoms with Crippen molar-refractivity contribution in [2.75, 3.05) is 25.1 Å². The molecule has 7 N–H and O–H groups in total. The Balaban J connectivity index is 0. The van der Waals surface area contributed by atoms with Gasteiger partial charge >= 0.3 is 17.9 Å². The molecule has 0 radical (unpaired) electrons. The summed E-state index contributed by atoms with van der Waals surface area (Å²) < 4.78 is 0. The Morgan fingerprint density at radius 2 is 1.67 bits per heavy atom. The van der Waals surface area contributed by atoms with Crippen LogP contribution >= 0.6 is 11.8 Å². The Morgan fingerprint density at radius 3 is 2.06 bits per heavy atom. The molecule has 11 heteroatoms. The van der Waals surface area contributed by atoms with Gasteiger partial charge in [0.2, 0.25) is 5.91 Å². The Bertz CT molecular complexity index is 676. The average molecular weight is 488 g/mol. The van der Waals surface area contributed by atoms with Crippen molar-refractivity contribution in [2.45, 2.75) is 51.6 Å². The molecule has 0 spiro atoms. The molecule has 0 fully saturated rings. The molecule has 2 unspecified atom stereocenters. The lowest BCUT2D eigenvalue weighted by Gasteiger charge is -2.12. The molecule has 33 heavy (non-hydrogen) atoms. The van der Waals surface area contributed by atoms with E-state index in [4.69, 9.17) is 21.1 Å². The second-order valence-corrected chi connectivity index (χ2v) is 7.90. The van der Waals surface area contributed by atoms with Gasteiger partial charge in [-0.15, -0.1) is 0 Å². The second-order valence-electron chi connectivity index (χ2n) is 6.92. The molecule has 188 valence electrons. The van der Waals surface area contributed by atoms with Crippen LogP contribution in [0.3, 0.4) is 0 Å². The third-order valence-corrected chi connectivity index (χ3v) is 4.58. The third-order valence-electron chi connectivity index (χ3n) is 3.93. The molecule has 0 saturated heterocycles. The molecule has 2 atom stereocenters. The van der Waals surface area contributed by atoms with Crippen LogP contribution in [0.4, 0.5) is 0 Å². The minimum Gasteiger partial charge on any atom is -0.480 e. The first-order valence-corrected chi connectivity index (χ1v) is 11.9. The molecule has 1 amide bonds. The number of benzene rings is 1. The topological polar surface area (TPSA) is 179 Å². The van der Waals surface area contributed by atoms with E-state index >= 15 is 0 Å². The third kappa shape index (κ3) is 22.4. The maximum absolute atomic E-state index is 10.7. The van der Waals surface area contributed by atoms with Gasteiger partial charge in [0.1, 0.15) is 18.6 Å². The first kappa shape index (κ1) is 32.5. The smallest absolute Gasteiger partial charge is 0.322 e. The van der Waals surface area contributed by atoms with E-state index in [9.17, 15) is 19.2 Å². The van der Waals surface area contributed by atoms with Gasteiger partial charge in [-0.1, -0.05) is 43.7 Å². The number of carbonyl (C=O) groups is 4. The van der Waals surface area contributed by atoms with Crippen molar-refractivity contribution >= 4 is 35.6 Å². The van der Waals surface area contributed by atoms with Gasteiger partial charge in [0.05, 0.1) is 0 Å². The standard InChI is InChI=1S/C9H19NO2S.C9H11NO2.C4H7NO3/c1-3-4-6-10-8(9(11)12)5-7-13-2;10-8(9(11)12)6-7-4-2-1-3-5-7;1-3(6)5-2-4(7)8/h8,10H,3-7H2,1-2H3,(H,11,12);1-5,8H,6,10H2,(H,11,12);2H2,1H3,(H,5,6)(H,7,8). The Kier molecular flexibility index (Phi) is 20.9. The second kappa shape index (κ2) is 21.2. The largest absolute Gasteiger partial charge is 0.480 e. The van der Waals surface area contributed by atoms with Crippen LogP contribution in [0.5, 0.6) is 0 Å². The zero-order valence-corrected chi connectivity index (χ0v) is 20.3. The van der Waals surface area contributed by atoms with E-state index < -0.39 is 23.9 Å². The fourth-order valence-corrected chi connectivity index (χ4v) is 2.63. The number of nitrogens with one attached hydrogen (secondary N) is 2. The summed E-state index contributed by atoms with van der Waals surface area (Å²) in [5.41, 5.74) is 6.30. The average Bonchev–Trinajstić information content (AvgIpc) is 2.76. The molecular weight excluding hydrogens is 450 g/mol. The summed E-state index contributed by atoms with van der Waals surface area (Å²) in [6.45, 7) is 3.87. The van der Waals surface area contributed by atoms with Crippen molar-refractivity contribution in [1.82, 2.24) is 10.6 Å². The van der Waals surface area contributed by atoms with Gasteiger partial charge in [-0.2, -0.15) is 11.8 Å². The molecule has 0 bridgehead atoms.